The van der Waals surface area contributed by atoms with Gasteiger partial charge in [-0.15, -0.1) is 0 Å². The second-order valence-electron chi connectivity index (χ2n) is 5.08. The Morgan fingerprint density at radius 1 is 1.33 bits per heavy atom. The molecule has 3 heteroatoms. The molecule has 0 saturated heterocycles. The van der Waals surface area contributed by atoms with Crippen LogP contribution in [0.2, 0.25) is 0 Å². The Morgan fingerprint density at radius 2 is 1.93 bits per heavy atom. The minimum atomic E-state index is -0.327. The third kappa shape index (κ3) is 4.65. The number of rotatable bonds is 4. The number of nitrogens with one attached hydrogen (secondary N) is 1. The van der Waals surface area contributed by atoms with Gasteiger partial charge in [-0.2, -0.15) is 0 Å². The molecule has 0 spiro atoms. The van der Waals surface area contributed by atoms with Crippen LogP contribution in [-0.2, 0) is 4.79 Å². The summed E-state index contributed by atoms with van der Waals surface area (Å²) in [5.74, 6) is 0.521. The molecule has 0 aliphatic heterocycles. The van der Waals surface area contributed by atoms with Gasteiger partial charge in [0.05, 0.1) is 6.04 Å². The molecule has 1 fully saturated rings. The fourth-order valence-electron chi connectivity index (χ4n) is 2.17. The third-order valence-electron chi connectivity index (χ3n) is 3.01. The summed E-state index contributed by atoms with van der Waals surface area (Å²) in [5, 5.41) is 3.06. The Labute approximate surface area is 92.8 Å². The van der Waals surface area contributed by atoms with Gasteiger partial charge < -0.3 is 11.1 Å². The molecular weight excluding hydrogens is 188 g/mol. The smallest absolute Gasteiger partial charge is 0.237 e. The topological polar surface area (TPSA) is 55.1 Å². The van der Waals surface area contributed by atoms with Crippen LogP contribution in [0.4, 0.5) is 0 Å². The predicted molar refractivity (Wildman–Crippen MR) is 62.4 cm³/mol. The maximum absolute atomic E-state index is 11.7. The Morgan fingerprint density at radius 3 is 2.47 bits per heavy atom. The standard InChI is InChI=1S/C12H24N2O/c1-9(2)8-11(13)12(15)14-10-6-4-3-5-7-10/h9-11H,3-8,13H2,1-2H3,(H,14,15). The lowest BCUT2D eigenvalue weighted by molar-refractivity contribution is -0.123. The molecule has 3 nitrogen and oxygen atoms in total. The largest absolute Gasteiger partial charge is 0.352 e. The lowest BCUT2D eigenvalue weighted by Crippen LogP contribution is -2.46. The van der Waals surface area contributed by atoms with E-state index in [-0.39, 0.29) is 11.9 Å². The van der Waals surface area contributed by atoms with Gasteiger partial charge in [0, 0.05) is 6.04 Å². The maximum atomic E-state index is 11.7. The van der Waals surface area contributed by atoms with Crippen molar-refractivity contribution in [1.82, 2.24) is 5.32 Å². The van der Waals surface area contributed by atoms with Gasteiger partial charge >= 0.3 is 0 Å². The Kier molecular flexibility index (Phi) is 5.09. The molecule has 3 N–H and O–H groups in total. The van der Waals surface area contributed by atoms with Gasteiger partial charge in [0.1, 0.15) is 0 Å². The van der Waals surface area contributed by atoms with Gasteiger partial charge in [-0.05, 0) is 25.2 Å². The molecule has 1 aliphatic carbocycles. The van der Waals surface area contributed by atoms with Gasteiger partial charge in [0.15, 0.2) is 0 Å². The highest BCUT2D eigenvalue weighted by atomic mass is 16.2. The molecule has 0 aromatic heterocycles. The lowest BCUT2D eigenvalue weighted by atomic mass is 9.95. The Hall–Kier alpha value is -0.570. The second-order valence-corrected chi connectivity index (χ2v) is 5.08. The van der Waals surface area contributed by atoms with Crippen molar-refractivity contribution < 1.29 is 4.79 Å². The molecule has 0 bridgehead atoms. The first-order valence-electron chi connectivity index (χ1n) is 6.15. The van der Waals surface area contributed by atoms with Crippen LogP contribution in [0, 0.1) is 5.92 Å². The van der Waals surface area contributed by atoms with Crippen LogP contribution in [-0.4, -0.2) is 18.0 Å². The summed E-state index contributed by atoms with van der Waals surface area (Å²) in [5.41, 5.74) is 5.82. The SMILES string of the molecule is CC(C)CC(N)C(=O)NC1CCCCC1. The molecule has 0 aromatic rings. The van der Waals surface area contributed by atoms with Crippen LogP contribution in [0.25, 0.3) is 0 Å². The van der Waals surface area contributed by atoms with E-state index in [4.69, 9.17) is 5.73 Å². The molecule has 1 saturated carbocycles. The zero-order valence-corrected chi connectivity index (χ0v) is 9.96. The third-order valence-corrected chi connectivity index (χ3v) is 3.01. The highest BCUT2D eigenvalue weighted by Crippen LogP contribution is 2.17. The molecule has 0 radical (unpaired) electrons. The van der Waals surface area contributed by atoms with Crippen LogP contribution in [0.3, 0.4) is 0 Å². The van der Waals surface area contributed by atoms with Crippen molar-refractivity contribution in [1.29, 1.82) is 0 Å². The van der Waals surface area contributed by atoms with Crippen LogP contribution in [0.5, 0.6) is 0 Å². The first-order valence-corrected chi connectivity index (χ1v) is 6.15. The number of carbonyl (C=O) groups excluding carboxylic acids is 1. The number of hydrogen-bond donors (Lipinski definition) is 2. The maximum Gasteiger partial charge on any atom is 0.237 e. The van der Waals surface area contributed by atoms with Gasteiger partial charge in [-0.3, -0.25) is 4.79 Å². The van der Waals surface area contributed by atoms with Crippen molar-refractivity contribution in [3.63, 3.8) is 0 Å². The van der Waals surface area contributed by atoms with E-state index in [0.717, 1.165) is 19.3 Å². The normalized spacial score (nSPS) is 20.3. The monoisotopic (exact) mass is 212 g/mol. The van der Waals surface area contributed by atoms with Crippen molar-refractivity contribution in [3.05, 3.63) is 0 Å². The van der Waals surface area contributed by atoms with Crippen LogP contribution < -0.4 is 11.1 Å². The molecule has 88 valence electrons. The van der Waals surface area contributed by atoms with Crippen molar-refractivity contribution in [2.24, 2.45) is 11.7 Å². The van der Waals surface area contributed by atoms with Crippen molar-refractivity contribution >= 4 is 5.91 Å². The van der Waals surface area contributed by atoms with E-state index in [1.165, 1.54) is 19.3 Å². The summed E-state index contributed by atoms with van der Waals surface area (Å²) in [4.78, 5) is 11.7. The molecule has 1 amide bonds. The van der Waals surface area contributed by atoms with E-state index >= 15 is 0 Å². The molecule has 0 aromatic carbocycles. The van der Waals surface area contributed by atoms with E-state index in [0.29, 0.717) is 12.0 Å². The van der Waals surface area contributed by atoms with E-state index in [1.54, 1.807) is 0 Å². The predicted octanol–water partition coefficient (Wildman–Crippen LogP) is 1.81. The highest BCUT2D eigenvalue weighted by Gasteiger charge is 2.20. The Balaban J connectivity index is 2.27. The highest BCUT2D eigenvalue weighted by molar-refractivity contribution is 5.81. The molecule has 15 heavy (non-hydrogen) atoms. The summed E-state index contributed by atoms with van der Waals surface area (Å²) >= 11 is 0. The van der Waals surface area contributed by atoms with Gasteiger partial charge in [-0.1, -0.05) is 33.1 Å². The minimum absolute atomic E-state index is 0.0376. The fraction of sp³-hybridized carbons (Fsp3) is 0.917. The second kappa shape index (κ2) is 6.11. The van der Waals surface area contributed by atoms with Crippen LogP contribution in [0.1, 0.15) is 52.4 Å². The van der Waals surface area contributed by atoms with Crippen LogP contribution >= 0.6 is 0 Å². The van der Waals surface area contributed by atoms with Crippen molar-refractivity contribution in [3.8, 4) is 0 Å². The molecule has 1 unspecified atom stereocenters. The number of amides is 1. The molecule has 0 heterocycles. The summed E-state index contributed by atoms with van der Waals surface area (Å²) in [6.07, 6.45) is 6.82. The first-order chi connectivity index (χ1) is 7.09. The van der Waals surface area contributed by atoms with E-state index in [9.17, 15) is 4.79 Å². The van der Waals surface area contributed by atoms with E-state index < -0.39 is 0 Å². The summed E-state index contributed by atoms with van der Waals surface area (Å²) in [7, 11) is 0. The number of nitrogens with two attached hydrogens (primary N) is 1. The van der Waals surface area contributed by atoms with Crippen LogP contribution in [0.15, 0.2) is 0 Å². The zero-order valence-electron chi connectivity index (χ0n) is 9.96. The Bertz CT molecular complexity index is 198. The first kappa shape index (κ1) is 12.5. The molecular formula is C12H24N2O. The molecule has 1 atom stereocenters. The average molecular weight is 212 g/mol. The van der Waals surface area contributed by atoms with E-state index in [2.05, 4.69) is 19.2 Å². The van der Waals surface area contributed by atoms with Gasteiger partial charge in [0.2, 0.25) is 5.91 Å². The van der Waals surface area contributed by atoms with E-state index in [1.807, 2.05) is 0 Å². The average Bonchev–Trinajstić information content (AvgIpc) is 2.18. The molecule has 1 aliphatic rings. The number of hydrogen-bond acceptors (Lipinski definition) is 2. The lowest BCUT2D eigenvalue weighted by Gasteiger charge is -2.24. The summed E-state index contributed by atoms with van der Waals surface area (Å²) in [6, 6.07) is 0.0522. The fourth-order valence-corrected chi connectivity index (χ4v) is 2.17. The molecule has 1 rings (SSSR count). The quantitative estimate of drug-likeness (QED) is 0.746. The zero-order chi connectivity index (χ0) is 11.3. The summed E-state index contributed by atoms with van der Waals surface area (Å²) in [6.45, 7) is 4.18. The summed E-state index contributed by atoms with van der Waals surface area (Å²) < 4.78 is 0. The number of carbonyl (C=O) groups is 1. The van der Waals surface area contributed by atoms with Crippen molar-refractivity contribution in [2.45, 2.75) is 64.5 Å². The van der Waals surface area contributed by atoms with Gasteiger partial charge in [0.25, 0.3) is 0 Å². The minimum Gasteiger partial charge on any atom is -0.352 e. The van der Waals surface area contributed by atoms with Gasteiger partial charge in [-0.25, -0.2) is 0 Å². The van der Waals surface area contributed by atoms with Crippen molar-refractivity contribution in [2.75, 3.05) is 0 Å².